The Morgan fingerprint density at radius 2 is 1.85 bits per heavy atom. The van der Waals surface area contributed by atoms with Crippen molar-refractivity contribution < 1.29 is 28.2 Å². The van der Waals surface area contributed by atoms with E-state index in [0.717, 1.165) is 0 Å². The van der Waals surface area contributed by atoms with Crippen LogP contribution in [0.2, 0.25) is 0 Å². The number of hydrazone groups is 1. The number of ether oxygens (including phenoxy) is 3. The molecule has 1 amide bonds. The minimum absolute atomic E-state index is 0.238. The summed E-state index contributed by atoms with van der Waals surface area (Å²) in [5, 5.41) is 3.87. The van der Waals surface area contributed by atoms with Gasteiger partial charge >= 0.3 is 5.97 Å². The van der Waals surface area contributed by atoms with E-state index in [2.05, 4.69) is 15.3 Å². The Morgan fingerprint density at radius 3 is 2.52 bits per heavy atom. The summed E-state index contributed by atoms with van der Waals surface area (Å²) in [6, 6.07) is 10.1. The van der Waals surface area contributed by atoms with Crippen LogP contribution in [-0.2, 0) is 9.53 Å². The van der Waals surface area contributed by atoms with Crippen molar-refractivity contribution in [3.63, 3.8) is 0 Å². The number of benzene rings is 2. The van der Waals surface area contributed by atoms with E-state index >= 15 is 0 Å². The van der Waals surface area contributed by atoms with Crippen LogP contribution >= 0.6 is 0 Å². The van der Waals surface area contributed by atoms with Gasteiger partial charge in [0.2, 0.25) is 0 Å². The summed E-state index contributed by atoms with van der Waals surface area (Å²) < 4.78 is 28.2. The second-order valence-corrected chi connectivity index (χ2v) is 5.21. The van der Waals surface area contributed by atoms with Gasteiger partial charge in [0.25, 0.3) is 5.91 Å². The third kappa shape index (κ3) is 6.10. The average molecular weight is 374 g/mol. The lowest BCUT2D eigenvalue weighted by atomic mass is 10.2. The summed E-state index contributed by atoms with van der Waals surface area (Å²) >= 11 is 0. The number of methoxy groups -OCH3 is 1. The Morgan fingerprint density at radius 1 is 1.11 bits per heavy atom. The van der Waals surface area contributed by atoms with E-state index in [9.17, 15) is 14.0 Å². The second kappa shape index (κ2) is 9.91. The van der Waals surface area contributed by atoms with Gasteiger partial charge < -0.3 is 14.2 Å². The maximum atomic E-state index is 12.9. The summed E-state index contributed by atoms with van der Waals surface area (Å²) in [6.45, 7) is 1.97. The molecule has 0 aromatic heterocycles. The third-order valence-electron chi connectivity index (χ3n) is 3.33. The van der Waals surface area contributed by atoms with Gasteiger partial charge in [-0.2, -0.15) is 5.10 Å². The summed E-state index contributed by atoms with van der Waals surface area (Å²) in [5.41, 5.74) is 3.28. The predicted molar refractivity (Wildman–Crippen MR) is 96.6 cm³/mol. The van der Waals surface area contributed by atoms with Gasteiger partial charge in [-0.3, -0.25) is 4.79 Å². The van der Waals surface area contributed by atoms with Crippen molar-refractivity contribution in [2.45, 2.75) is 6.92 Å². The zero-order valence-electron chi connectivity index (χ0n) is 14.9. The Bertz CT molecular complexity index is 821. The third-order valence-corrected chi connectivity index (χ3v) is 3.33. The van der Waals surface area contributed by atoms with Gasteiger partial charge in [-0.1, -0.05) is 0 Å². The molecule has 8 heteroatoms. The summed E-state index contributed by atoms with van der Waals surface area (Å²) in [4.78, 5) is 23.1. The molecule has 0 aliphatic carbocycles. The standard InChI is InChI=1S/C19H19FN2O5/c1-3-26-17-10-13(4-9-16(17)27-12-18(23)25-2)11-21-22-19(24)14-5-7-15(20)8-6-14/h4-11H,3,12H2,1-2H3,(H,22,24)/b21-11-. The highest BCUT2D eigenvalue weighted by atomic mass is 19.1. The Labute approximate surface area is 155 Å². The molecule has 0 aliphatic rings. The SMILES string of the molecule is CCOc1cc(/C=N\NC(=O)c2ccc(F)cc2)ccc1OCC(=O)OC. The molecular weight excluding hydrogens is 355 g/mol. The van der Waals surface area contributed by atoms with Crippen molar-refractivity contribution in [1.82, 2.24) is 5.43 Å². The highest BCUT2D eigenvalue weighted by Gasteiger charge is 2.09. The van der Waals surface area contributed by atoms with Crippen LogP contribution in [0.1, 0.15) is 22.8 Å². The van der Waals surface area contributed by atoms with Crippen molar-refractivity contribution >= 4 is 18.1 Å². The number of carbonyl (C=O) groups excluding carboxylic acids is 2. The minimum atomic E-state index is -0.508. The van der Waals surface area contributed by atoms with E-state index in [1.807, 2.05) is 6.92 Å². The maximum absolute atomic E-state index is 12.9. The molecule has 0 saturated heterocycles. The number of esters is 1. The van der Waals surface area contributed by atoms with E-state index < -0.39 is 17.7 Å². The molecule has 0 fully saturated rings. The lowest BCUT2D eigenvalue weighted by molar-refractivity contribution is -0.142. The Kier molecular flexibility index (Phi) is 7.30. The molecule has 0 atom stereocenters. The van der Waals surface area contributed by atoms with E-state index in [1.165, 1.54) is 37.6 Å². The van der Waals surface area contributed by atoms with E-state index in [0.29, 0.717) is 23.7 Å². The number of amides is 1. The first-order valence-corrected chi connectivity index (χ1v) is 8.09. The smallest absolute Gasteiger partial charge is 0.343 e. The Hall–Kier alpha value is -3.42. The molecule has 142 valence electrons. The molecule has 7 nitrogen and oxygen atoms in total. The number of rotatable bonds is 8. The highest BCUT2D eigenvalue weighted by Crippen LogP contribution is 2.28. The number of hydrogen-bond donors (Lipinski definition) is 1. The number of nitrogens with zero attached hydrogens (tertiary/aromatic N) is 1. The van der Waals surface area contributed by atoms with Crippen molar-refractivity contribution in [2.75, 3.05) is 20.3 Å². The molecule has 0 saturated carbocycles. The van der Waals surface area contributed by atoms with Crippen molar-refractivity contribution in [3.8, 4) is 11.5 Å². The average Bonchev–Trinajstić information content (AvgIpc) is 2.67. The first kappa shape index (κ1) is 19.9. The molecule has 0 radical (unpaired) electrons. The number of hydrogen-bond acceptors (Lipinski definition) is 6. The van der Waals surface area contributed by atoms with Gasteiger partial charge in [0.05, 0.1) is 19.9 Å². The number of nitrogens with one attached hydrogen (secondary N) is 1. The molecule has 2 aromatic rings. The molecule has 2 rings (SSSR count). The van der Waals surface area contributed by atoms with Gasteiger partial charge in [-0.15, -0.1) is 0 Å². The van der Waals surface area contributed by atoms with Gasteiger partial charge in [0, 0.05) is 5.56 Å². The Balaban J connectivity index is 2.03. The van der Waals surface area contributed by atoms with Crippen LogP contribution in [0, 0.1) is 5.82 Å². The van der Waals surface area contributed by atoms with E-state index in [1.54, 1.807) is 18.2 Å². The topological polar surface area (TPSA) is 86.2 Å². The monoisotopic (exact) mass is 374 g/mol. The summed E-state index contributed by atoms with van der Waals surface area (Å²) in [7, 11) is 1.27. The lowest BCUT2D eigenvalue weighted by Gasteiger charge is -2.11. The molecule has 0 aliphatic heterocycles. The fraction of sp³-hybridized carbons (Fsp3) is 0.211. The lowest BCUT2D eigenvalue weighted by Crippen LogP contribution is -2.17. The zero-order chi connectivity index (χ0) is 19.6. The van der Waals surface area contributed by atoms with Crippen LogP contribution in [0.25, 0.3) is 0 Å². The zero-order valence-corrected chi connectivity index (χ0v) is 14.9. The molecule has 0 unspecified atom stereocenters. The van der Waals surface area contributed by atoms with Crippen LogP contribution in [-0.4, -0.2) is 38.4 Å². The van der Waals surface area contributed by atoms with Gasteiger partial charge in [-0.05, 0) is 55.0 Å². The van der Waals surface area contributed by atoms with E-state index in [4.69, 9.17) is 9.47 Å². The van der Waals surface area contributed by atoms with Crippen molar-refractivity contribution in [1.29, 1.82) is 0 Å². The largest absolute Gasteiger partial charge is 0.490 e. The van der Waals surface area contributed by atoms with Crippen LogP contribution in [0.5, 0.6) is 11.5 Å². The van der Waals surface area contributed by atoms with Crippen LogP contribution in [0.15, 0.2) is 47.6 Å². The predicted octanol–water partition coefficient (Wildman–Crippen LogP) is 2.54. The minimum Gasteiger partial charge on any atom is -0.490 e. The molecule has 1 N–H and O–H groups in total. The van der Waals surface area contributed by atoms with Gasteiger partial charge in [0.1, 0.15) is 5.82 Å². The molecule has 2 aromatic carbocycles. The summed E-state index contributed by atoms with van der Waals surface area (Å²) in [5.74, 6) is -0.584. The first-order chi connectivity index (χ1) is 13.0. The van der Waals surface area contributed by atoms with Crippen molar-refractivity contribution in [3.05, 3.63) is 59.4 Å². The molecule has 0 heterocycles. The fourth-order valence-corrected chi connectivity index (χ4v) is 2.02. The highest BCUT2D eigenvalue weighted by molar-refractivity contribution is 5.94. The van der Waals surface area contributed by atoms with Crippen LogP contribution < -0.4 is 14.9 Å². The maximum Gasteiger partial charge on any atom is 0.343 e. The van der Waals surface area contributed by atoms with Gasteiger partial charge in [0.15, 0.2) is 18.1 Å². The van der Waals surface area contributed by atoms with Crippen molar-refractivity contribution in [2.24, 2.45) is 5.10 Å². The summed E-state index contributed by atoms with van der Waals surface area (Å²) in [6.07, 6.45) is 1.42. The molecular formula is C19H19FN2O5. The normalized spacial score (nSPS) is 10.5. The number of carbonyl (C=O) groups is 2. The first-order valence-electron chi connectivity index (χ1n) is 8.09. The second-order valence-electron chi connectivity index (χ2n) is 5.21. The van der Waals surface area contributed by atoms with Gasteiger partial charge in [-0.25, -0.2) is 14.6 Å². The van der Waals surface area contributed by atoms with Crippen LogP contribution in [0.3, 0.4) is 0 Å². The quantitative estimate of drug-likeness (QED) is 0.436. The number of halogens is 1. The molecule has 27 heavy (non-hydrogen) atoms. The van der Waals surface area contributed by atoms with Crippen LogP contribution in [0.4, 0.5) is 4.39 Å². The van der Waals surface area contributed by atoms with E-state index in [-0.39, 0.29) is 12.2 Å². The molecule has 0 bridgehead atoms. The molecule has 0 spiro atoms. The fourth-order valence-electron chi connectivity index (χ4n) is 2.02.